The topological polar surface area (TPSA) is 61.0 Å². The lowest BCUT2D eigenvalue weighted by atomic mass is 10.2. The maximum Gasteiger partial charge on any atom is 0.221 e. The van der Waals surface area contributed by atoms with Gasteiger partial charge in [-0.2, -0.15) is 0 Å². The maximum atomic E-state index is 11.6. The van der Waals surface area contributed by atoms with E-state index in [0.29, 0.717) is 13.0 Å². The van der Waals surface area contributed by atoms with Crippen LogP contribution in [0.1, 0.15) is 12.0 Å². The molecule has 1 aromatic heterocycles. The summed E-state index contributed by atoms with van der Waals surface area (Å²) in [5.74, 6) is 0.0772. The molecule has 0 aliphatic rings. The normalized spacial score (nSPS) is 11.1. The van der Waals surface area contributed by atoms with Crippen LogP contribution >= 0.6 is 0 Å². The summed E-state index contributed by atoms with van der Waals surface area (Å²) in [5, 5.41) is 2.91. The first-order chi connectivity index (χ1) is 8.65. The molecule has 2 aromatic rings. The highest BCUT2D eigenvalue weighted by molar-refractivity contribution is 5.77. The van der Waals surface area contributed by atoms with Crippen LogP contribution in [0, 0.1) is 0 Å². The molecule has 0 bridgehead atoms. The molecule has 1 heterocycles. The van der Waals surface area contributed by atoms with Gasteiger partial charge in [0.25, 0.3) is 0 Å². The molecular formula is C13H18N4O. The van der Waals surface area contributed by atoms with E-state index < -0.39 is 0 Å². The first-order valence-electron chi connectivity index (χ1n) is 5.98. The van der Waals surface area contributed by atoms with E-state index in [2.05, 4.69) is 15.3 Å². The number of rotatable bonds is 5. The molecule has 96 valence electrons. The van der Waals surface area contributed by atoms with Gasteiger partial charge in [0.2, 0.25) is 5.91 Å². The third-order valence-electron chi connectivity index (χ3n) is 2.76. The Morgan fingerprint density at radius 3 is 3.06 bits per heavy atom. The first-order valence-corrected chi connectivity index (χ1v) is 5.98. The van der Waals surface area contributed by atoms with Gasteiger partial charge in [0.15, 0.2) is 0 Å². The first kappa shape index (κ1) is 12.6. The Labute approximate surface area is 106 Å². The summed E-state index contributed by atoms with van der Waals surface area (Å²) in [4.78, 5) is 20.8. The van der Waals surface area contributed by atoms with Gasteiger partial charge in [0, 0.05) is 19.5 Å². The molecule has 18 heavy (non-hydrogen) atoms. The number of amides is 1. The van der Waals surface area contributed by atoms with Crippen LogP contribution < -0.4 is 5.32 Å². The van der Waals surface area contributed by atoms with E-state index in [0.717, 1.165) is 23.1 Å². The molecule has 5 nitrogen and oxygen atoms in total. The zero-order chi connectivity index (χ0) is 13.0. The number of fused-ring (bicyclic) bond motifs is 1. The molecule has 0 saturated heterocycles. The molecule has 0 fully saturated rings. The van der Waals surface area contributed by atoms with Crippen molar-refractivity contribution in [2.24, 2.45) is 0 Å². The van der Waals surface area contributed by atoms with Crippen LogP contribution in [0.15, 0.2) is 24.5 Å². The van der Waals surface area contributed by atoms with Gasteiger partial charge in [-0.15, -0.1) is 0 Å². The Bertz CT molecular complexity index is 533. The summed E-state index contributed by atoms with van der Waals surface area (Å²) in [5.41, 5.74) is 3.01. The molecule has 0 radical (unpaired) electrons. The van der Waals surface area contributed by atoms with Crippen molar-refractivity contribution >= 4 is 16.9 Å². The van der Waals surface area contributed by atoms with Crippen LogP contribution in [0.3, 0.4) is 0 Å². The SMILES string of the molecule is CN(C)CCC(=O)NCc1ccc2nc[nH]c2c1. The predicted octanol–water partition coefficient (Wildman–Crippen LogP) is 1.13. The number of aromatic amines is 1. The van der Waals surface area contributed by atoms with Gasteiger partial charge in [-0.1, -0.05) is 6.07 Å². The summed E-state index contributed by atoms with van der Waals surface area (Å²) in [7, 11) is 3.92. The second kappa shape index (κ2) is 5.64. The third-order valence-corrected chi connectivity index (χ3v) is 2.76. The van der Waals surface area contributed by atoms with E-state index in [1.54, 1.807) is 6.33 Å². The van der Waals surface area contributed by atoms with Gasteiger partial charge in [-0.25, -0.2) is 4.98 Å². The molecule has 2 rings (SSSR count). The zero-order valence-electron chi connectivity index (χ0n) is 10.7. The van der Waals surface area contributed by atoms with Crippen LogP contribution in [0.2, 0.25) is 0 Å². The highest BCUT2D eigenvalue weighted by Crippen LogP contribution is 2.11. The number of aromatic nitrogens is 2. The van der Waals surface area contributed by atoms with Crippen LogP contribution in [-0.4, -0.2) is 41.4 Å². The van der Waals surface area contributed by atoms with E-state index in [9.17, 15) is 4.79 Å². The monoisotopic (exact) mass is 246 g/mol. The average Bonchev–Trinajstić information content (AvgIpc) is 2.81. The molecule has 1 aromatic carbocycles. The minimum absolute atomic E-state index is 0.0772. The van der Waals surface area contributed by atoms with Crippen LogP contribution in [0.5, 0.6) is 0 Å². The molecule has 0 atom stereocenters. The van der Waals surface area contributed by atoms with E-state index in [4.69, 9.17) is 0 Å². The summed E-state index contributed by atoms with van der Waals surface area (Å²) in [6.07, 6.45) is 2.20. The lowest BCUT2D eigenvalue weighted by molar-refractivity contribution is -0.121. The number of carbonyl (C=O) groups is 1. The Balaban J connectivity index is 1.87. The Morgan fingerprint density at radius 2 is 2.28 bits per heavy atom. The Morgan fingerprint density at radius 1 is 1.44 bits per heavy atom. The van der Waals surface area contributed by atoms with E-state index in [1.807, 2.05) is 37.2 Å². The molecule has 0 spiro atoms. The molecule has 0 aliphatic carbocycles. The van der Waals surface area contributed by atoms with Crippen molar-refractivity contribution in [3.63, 3.8) is 0 Å². The summed E-state index contributed by atoms with van der Waals surface area (Å²) in [6.45, 7) is 1.33. The van der Waals surface area contributed by atoms with Gasteiger partial charge in [0.1, 0.15) is 0 Å². The van der Waals surface area contributed by atoms with Gasteiger partial charge in [-0.3, -0.25) is 4.79 Å². The number of hydrogen-bond acceptors (Lipinski definition) is 3. The van der Waals surface area contributed by atoms with Crippen LogP contribution in [-0.2, 0) is 11.3 Å². The fraction of sp³-hybridized carbons (Fsp3) is 0.385. The van der Waals surface area contributed by atoms with Crippen molar-refractivity contribution < 1.29 is 4.79 Å². The van der Waals surface area contributed by atoms with E-state index in [1.165, 1.54) is 0 Å². The standard InChI is InChI=1S/C13H18N4O/c1-17(2)6-5-13(18)14-8-10-3-4-11-12(7-10)16-9-15-11/h3-4,7,9H,5-6,8H2,1-2H3,(H,14,18)(H,15,16). The van der Waals surface area contributed by atoms with Gasteiger partial charge < -0.3 is 15.2 Å². The molecule has 0 aliphatic heterocycles. The number of H-pyrrole nitrogens is 1. The predicted molar refractivity (Wildman–Crippen MR) is 71.1 cm³/mol. The number of imidazole rings is 1. The van der Waals surface area contributed by atoms with Gasteiger partial charge >= 0.3 is 0 Å². The molecule has 0 unspecified atom stereocenters. The van der Waals surface area contributed by atoms with Crippen molar-refractivity contribution in [3.8, 4) is 0 Å². The summed E-state index contributed by atoms with van der Waals surface area (Å²) >= 11 is 0. The number of nitrogens with one attached hydrogen (secondary N) is 2. The zero-order valence-corrected chi connectivity index (χ0v) is 10.7. The maximum absolute atomic E-state index is 11.6. The minimum atomic E-state index is 0.0772. The van der Waals surface area contributed by atoms with Crippen molar-refractivity contribution in [1.29, 1.82) is 0 Å². The average molecular weight is 246 g/mol. The quantitative estimate of drug-likeness (QED) is 0.831. The van der Waals surface area contributed by atoms with E-state index >= 15 is 0 Å². The largest absolute Gasteiger partial charge is 0.352 e. The second-order valence-corrected chi connectivity index (χ2v) is 4.58. The molecule has 5 heteroatoms. The Hall–Kier alpha value is -1.88. The Kier molecular flexibility index (Phi) is 3.94. The number of hydrogen-bond donors (Lipinski definition) is 2. The second-order valence-electron chi connectivity index (χ2n) is 4.58. The fourth-order valence-electron chi connectivity index (χ4n) is 1.71. The summed E-state index contributed by atoms with van der Waals surface area (Å²) in [6, 6.07) is 5.94. The smallest absolute Gasteiger partial charge is 0.221 e. The van der Waals surface area contributed by atoms with Crippen molar-refractivity contribution in [2.45, 2.75) is 13.0 Å². The van der Waals surface area contributed by atoms with Crippen molar-refractivity contribution in [2.75, 3.05) is 20.6 Å². The number of carbonyl (C=O) groups excluding carboxylic acids is 1. The van der Waals surface area contributed by atoms with E-state index in [-0.39, 0.29) is 5.91 Å². The minimum Gasteiger partial charge on any atom is -0.352 e. The molecule has 0 saturated carbocycles. The third kappa shape index (κ3) is 3.30. The molecule has 2 N–H and O–H groups in total. The van der Waals surface area contributed by atoms with Gasteiger partial charge in [-0.05, 0) is 31.8 Å². The highest BCUT2D eigenvalue weighted by atomic mass is 16.1. The number of nitrogens with zero attached hydrogens (tertiary/aromatic N) is 2. The fourth-order valence-corrected chi connectivity index (χ4v) is 1.71. The van der Waals surface area contributed by atoms with Crippen LogP contribution in [0.4, 0.5) is 0 Å². The molecular weight excluding hydrogens is 228 g/mol. The van der Waals surface area contributed by atoms with Gasteiger partial charge in [0.05, 0.1) is 17.4 Å². The summed E-state index contributed by atoms with van der Waals surface area (Å²) < 4.78 is 0. The van der Waals surface area contributed by atoms with Crippen molar-refractivity contribution in [3.05, 3.63) is 30.1 Å². The highest BCUT2D eigenvalue weighted by Gasteiger charge is 2.03. The van der Waals surface area contributed by atoms with Crippen molar-refractivity contribution in [1.82, 2.24) is 20.2 Å². The number of benzene rings is 1. The molecule has 1 amide bonds. The van der Waals surface area contributed by atoms with Crippen LogP contribution in [0.25, 0.3) is 11.0 Å². The lowest BCUT2D eigenvalue weighted by Crippen LogP contribution is -2.26. The lowest BCUT2D eigenvalue weighted by Gasteiger charge is -2.09.